The van der Waals surface area contributed by atoms with Gasteiger partial charge in [0.1, 0.15) is 0 Å². The zero-order chi connectivity index (χ0) is 25.8. The van der Waals surface area contributed by atoms with Gasteiger partial charge in [-0.15, -0.1) is 0 Å². The van der Waals surface area contributed by atoms with Crippen molar-refractivity contribution in [1.82, 2.24) is 15.0 Å². The summed E-state index contributed by atoms with van der Waals surface area (Å²) < 4.78 is 0. The van der Waals surface area contributed by atoms with Gasteiger partial charge in [-0.2, -0.15) is 0 Å². The van der Waals surface area contributed by atoms with E-state index in [1.54, 1.807) is 29.6 Å². The molecule has 2 aromatic carbocycles. The molecule has 0 unspecified atom stereocenters. The molecular formula is C30H27N5O2. The first-order valence-electron chi connectivity index (χ1n) is 12.2. The smallest absolute Gasteiger partial charge is 0.250 e. The molecule has 0 atom stereocenters. The lowest BCUT2D eigenvalue weighted by Crippen LogP contribution is -2.34. The van der Waals surface area contributed by atoms with E-state index in [-0.39, 0.29) is 18.1 Å². The molecule has 7 nitrogen and oxygen atoms in total. The predicted molar refractivity (Wildman–Crippen MR) is 145 cm³/mol. The number of amides is 1. The van der Waals surface area contributed by atoms with Crippen LogP contribution in [0.2, 0.25) is 0 Å². The molecule has 1 aliphatic heterocycles. The molecule has 0 fully saturated rings. The van der Waals surface area contributed by atoms with E-state index in [1.807, 2.05) is 55.5 Å². The molecule has 184 valence electrons. The van der Waals surface area contributed by atoms with Crippen LogP contribution >= 0.6 is 0 Å². The minimum Gasteiger partial charge on any atom is -0.324 e. The molecule has 4 aromatic rings. The quantitative estimate of drug-likeness (QED) is 0.273. The van der Waals surface area contributed by atoms with Crippen LogP contribution in [0.3, 0.4) is 0 Å². The molecule has 2 aromatic heterocycles. The second-order valence-corrected chi connectivity index (χ2v) is 9.02. The Labute approximate surface area is 215 Å². The Balaban J connectivity index is 1.33. The molecule has 5 rings (SSSR count). The second-order valence-electron chi connectivity index (χ2n) is 9.02. The predicted octanol–water partition coefficient (Wildman–Crippen LogP) is 5.48. The lowest BCUT2D eigenvalue weighted by Gasteiger charge is -2.29. The highest BCUT2D eigenvalue weighted by Crippen LogP contribution is 2.29. The average Bonchev–Trinajstić information content (AvgIpc) is 2.94. The number of Topliss-reactive ketones (excluding diaryl/α,β-unsaturated/α-hetero) is 1. The normalized spacial score (nSPS) is 12.5. The van der Waals surface area contributed by atoms with E-state index >= 15 is 0 Å². The first kappa shape index (κ1) is 24.1. The molecule has 37 heavy (non-hydrogen) atoms. The van der Waals surface area contributed by atoms with Gasteiger partial charge in [-0.3, -0.25) is 14.6 Å². The number of rotatable bonds is 7. The number of hydrogen-bond acceptors (Lipinski definition) is 6. The van der Waals surface area contributed by atoms with Gasteiger partial charge < -0.3 is 10.2 Å². The van der Waals surface area contributed by atoms with Crippen LogP contribution in [0.5, 0.6) is 0 Å². The van der Waals surface area contributed by atoms with E-state index in [9.17, 15) is 9.59 Å². The molecule has 0 radical (unpaired) electrons. The number of nitrogens with zero attached hydrogens (tertiary/aromatic N) is 4. The van der Waals surface area contributed by atoms with Crippen LogP contribution in [0.25, 0.3) is 11.3 Å². The summed E-state index contributed by atoms with van der Waals surface area (Å²) in [6.07, 6.45) is 8.49. The number of ketones is 1. The Morgan fingerprint density at radius 2 is 2.00 bits per heavy atom. The number of aryl methyl sites for hydroxylation is 2. The van der Waals surface area contributed by atoms with Gasteiger partial charge in [0.2, 0.25) is 11.9 Å². The first-order chi connectivity index (χ1) is 18.0. The van der Waals surface area contributed by atoms with Crippen LogP contribution in [0.4, 0.5) is 17.3 Å². The van der Waals surface area contributed by atoms with Gasteiger partial charge in [0.15, 0.2) is 5.78 Å². The number of benzene rings is 2. The van der Waals surface area contributed by atoms with Crippen molar-refractivity contribution in [3.63, 3.8) is 0 Å². The molecule has 1 amide bonds. The monoisotopic (exact) mass is 489 g/mol. The van der Waals surface area contributed by atoms with E-state index < -0.39 is 0 Å². The zero-order valence-electron chi connectivity index (χ0n) is 20.6. The fraction of sp³-hybridized carbons (Fsp3) is 0.167. The molecule has 1 aliphatic rings. The SMILES string of the molecule is C=CC(=O)N1CCCc2cc(C(=O)Cc3ccc(C)c(Nc4nccc(-c5cccnc5)n4)c3)ccc21. The highest BCUT2D eigenvalue weighted by molar-refractivity contribution is 6.03. The van der Waals surface area contributed by atoms with E-state index in [2.05, 4.69) is 26.8 Å². The van der Waals surface area contributed by atoms with Crippen LogP contribution in [0.15, 0.2) is 85.8 Å². The Kier molecular flexibility index (Phi) is 6.85. The number of pyridine rings is 1. The summed E-state index contributed by atoms with van der Waals surface area (Å²) in [5.41, 5.74) is 6.97. The molecule has 0 saturated carbocycles. The number of carbonyl (C=O) groups is 2. The van der Waals surface area contributed by atoms with Crippen LogP contribution in [-0.2, 0) is 17.6 Å². The van der Waals surface area contributed by atoms with Gasteiger partial charge in [-0.05, 0) is 85.0 Å². The highest BCUT2D eigenvalue weighted by Gasteiger charge is 2.22. The van der Waals surface area contributed by atoms with Crippen molar-refractivity contribution < 1.29 is 9.59 Å². The number of carbonyl (C=O) groups excluding carboxylic acids is 2. The Morgan fingerprint density at radius 1 is 1.11 bits per heavy atom. The van der Waals surface area contributed by atoms with Crippen molar-refractivity contribution in [2.45, 2.75) is 26.2 Å². The van der Waals surface area contributed by atoms with Gasteiger partial charge in [-0.1, -0.05) is 18.7 Å². The lowest BCUT2D eigenvalue weighted by molar-refractivity contribution is -0.114. The maximum atomic E-state index is 13.2. The van der Waals surface area contributed by atoms with Gasteiger partial charge >= 0.3 is 0 Å². The third kappa shape index (κ3) is 5.30. The van der Waals surface area contributed by atoms with E-state index in [0.29, 0.717) is 18.1 Å². The number of anilines is 3. The van der Waals surface area contributed by atoms with Crippen molar-refractivity contribution in [2.75, 3.05) is 16.8 Å². The third-order valence-electron chi connectivity index (χ3n) is 6.49. The van der Waals surface area contributed by atoms with Gasteiger partial charge in [0, 0.05) is 54.1 Å². The minimum atomic E-state index is -0.116. The standard InChI is InChI=1S/C30H27N5O2/c1-3-29(37)35-15-5-7-22-18-23(10-11-27(22)35)28(36)17-21-9-8-20(2)26(16-21)34-30-32-14-12-25(33-30)24-6-4-13-31-19-24/h3-4,6,8-14,16,18-19H,1,5,7,15,17H2,2H3,(H,32,33,34). The van der Waals surface area contributed by atoms with Gasteiger partial charge in [0.05, 0.1) is 5.69 Å². The van der Waals surface area contributed by atoms with Crippen molar-refractivity contribution in [1.29, 1.82) is 0 Å². The van der Waals surface area contributed by atoms with Crippen LogP contribution in [0.1, 0.15) is 33.5 Å². The zero-order valence-corrected chi connectivity index (χ0v) is 20.6. The summed E-state index contributed by atoms with van der Waals surface area (Å²) in [5.74, 6) is 0.385. The Morgan fingerprint density at radius 3 is 2.81 bits per heavy atom. The number of nitrogens with one attached hydrogen (secondary N) is 1. The summed E-state index contributed by atoms with van der Waals surface area (Å²) in [4.78, 5) is 40.2. The minimum absolute atomic E-state index is 0.0274. The van der Waals surface area contributed by atoms with Crippen LogP contribution in [0, 0.1) is 6.92 Å². The molecule has 0 saturated heterocycles. The largest absolute Gasteiger partial charge is 0.324 e. The molecule has 1 N–H and O–H groups in total. The second kappa shape index (κ2) is 10.5. The van der Waals surface area contributed by atoms with Crippen molar-refractivity contribution in [2.24, 2.45) is 0 Å². The fourth-order valence-corrected chi connectivity index (χ4v) is 4.53. The molecule has 0 bridgehead atoms. The molecule has 7 heteroatoms. The van der Waals surface area contributed by atoms with Gasteiger partial charge in [-0.25, -0.2) is 9.97 Å². The highest BCUT2D eigenvalue weighted by atomic mass is 16.2. The molecule has 3 heterocycles. The van der Waals surface area contributed by atoms with Gasteiger partial charge in [0.25, 0.3) is 0 Å². The van der Waals surface area contributed by atoms with Crippen LogP contribution < -0.4 is 10.2 Å². The number of fused-ring (bicyclic) bond motifs is 1. The summed E-state index contributed by atoms with van der Waals surface area (Å²) in [6, 6.07) is 17.2. The maximum absolute atomic E-state index is 13.2. The lowest BCUT2D eigenvalue weighted by atomic mass is 9.95. The van der Waals surface area contributed by atoms with E-state index in [4.69, 9.17) is 0 Å². The third-order valence-corrected chi connectivity index (χ3v) is 6.49. The summed E-state index contributed by atoms with van der Waals surface area (Å²) in [6.45, 7) is 6.26. The summed E-state index contributed by atoms with van der Waals surface area (Å²) >= 11 is 0. The van der Waals surface area contributed by atoms with Crippen molar-refractivity contribution in [3.8, 4) is 11.3 Å². The Hall–Kier alpha value is -4.65. The Bertz CT molecular complexity index is 1480. The van der Waals surface area contributed by atoms with Crippen LogP contribution in [-0.4, -0.2) is 33.2 Å². The first-order valence-corrected chi connectivity index (χ1v) is 12.2. The van der Waals surface area contributed by atoms with Crippen molar-refractivity contribution >= 4 is 29.0 Å². The fourth-order valence-electron chi connectivity index (χ4n) is 4.53. The van der Waals surface area contributed by atoms with E-state index in [1.165, 1.54) is 6.08 Å². The van der Waals surface area contributed by atoms with Crippen molar-refractivity contribution in [3.05, 3.63) is 108 Å². The number of aromatic nitrogens is 3. The summed E-state index contributed by atoms with van der Waals surface area (Å²) in [5, 5.41) is 3.30. The number of hydrogen-bond donors (Lipinski definition) is 1. The topological polar surface area (TPSA) is 88.1 Å². The average molecular weight is 490 g/mol. The molecule has 0 spiro atoms. The molecular weight excluding hydrogens is 462 g/mol. The van der Waals surface area contributed by atoms with E-state index in [0.717, 1.165) is 52.2 Å². The summed E-state index contributed by atoms with van der Waals surface area (Å²) in [7, 11) is 0. The molecule has 0 aliphatic carbocycles. The maximum Gasteiger partial charge on any atom is 0.250 e.